The number of amides is 1. The summed E-state index contributed by atoms with van der Waals surface area (Å²) in [5.41, 5.74) is 0.993. The van der Waals surface area contributed by atoms with Crippen LogP contribution in [-0.2, 0) is 11.3 Å². The molecule has 154 valence electrons. The quantitative estimate of drug-likeness (QED) is 0.675. The number of nitrogens with zero attached hydrogens (tertiary/aromatic N) is 6. The molecule has 0 spiro atoms. The maximum absolute atomic E-state index is 12.6. The Morgan fingerprint density at radius 2 is 1.87 bits per heavy atom. The van der Waals surface area contributed by atoms with Crippen LogP contribution in [0.1, 0.15) is 18.4 Å². The van der Waals surface area contributed by atoms with Crippen LogP contribution >= 0.6 is 0 Å². The fourth-order valence-electron chi connectivity index (χ4n) is 3.69. The Morgan fingerprint density at radius 1 is 1.07 bits per heavy atom. The molecule has 2 aliphatic rings. The van der Waals surface area contributed by atoms with Crippen molar-refractivity contribution < 1.29 is 14.3 Å². The van der Waals surface area contributed by atoms with Gasteiger partial charge in [-0.3, -0.25) is 4.79 Å². The molecule has 0 aliphatic carbocycles. The summed E-state index contributed by atoms with van der Waals surface area (Å²) in [4.78, 5) is 18.7. The Labute approximate surface area is 172 Å². The normalized spacial score (nSPS) is 15.9. The average molecular weight is 407 g/mol. The minimum absolute atomic E-state index is 0.00218. The number of aromatic nitrogens is 5. The highest BCUT2D eigenvalue weighted by atomic mass is 16.7. The van der Waals surface area contributed by atoms with E-state index < -0.39 is 0 Å². The second-order valence-electron chi connectivity index (χ2n) is 7.26. The molecule has 2 aliphatic heterocycles. The van der Waals surface area contributed by atoms with E-state index in [1.54, 1.807) is 11.0 Å². The van der Waals surface area contributed by atoms with Gasteiger partial charge in [0.15, 0.2) is 23.1 Å². The van der Waals surface area contributed by atoms with Gasteiger partial charge in [0.25, 0.3) is 0 Å². The summed E-state index contributed by atoms with van der Waals surface area (Å²) < 4.78 is 12.3. The molecule has 1 aromatic carbocycles. The van der Waals surface area contributed by atoms with E-state index in [0.29, 0.717) is 12.4 Å². The minimum Gasteiger partial charge on any atom is -0.454 e. The zero-order valence-corrected chi connectivity index (χ0v) is 16.3. The smallest absolute Gasteiger partial charge is 0.231 e. The monoisotopic (exact) mass is 407 g/mol. The van der Waals surface area contributed by atoms with E-state index in [-0.39, 0.29) is 18.6 Å². The molecular formula is C20H21N7O3. The van der Waals surface area contributed by atoms with Gasteiger partial charge in [0.05, 0.1) is 0 Å². The zero-order chi connectivity index (χ0) is 20.3. The lowest BCUT2D eigenvalue weighted by molar-refractivity contribution is -0.125. The van der Waals surface area contributed by atoms with Gasteiger partial charge < -0.3 is 19.7 Å². The minimum atomic E-state index is -0.00218. The Morgan fingerprint density at radius 3 is 2.63 bits per heavy atom. The van der Waals surface area contributed by atoms with Crippen molar-refractivity contribution in [3.05, 3.63) is 48.5 Å². The van der Waals surface area contributed by atoms with Crippen molar-refractivity contribution in [3.63, 3.8) is 0 Å². The number of hydrogen-bond donors (Lipinski definition) is 1. The summed E-state index contributed by atoms with van der Waals surface area (Å²) >= 11 is 0. The van der Waals surface area contributed by atoms with Crippen molar-refractivity contribution in [3.8, 4) is 17.3 Å². The Bertz CT molecular complexity index is 1020. The van der Waals surface area contributed by atoms with Gasteiger partial charge in [-0.15, -0.1) is 10.2 Å². The van der Waals surface area contributed by atoms with Crippen LogP contribution in [0.4, 0.5) is 5.82 Å². The molecule has 0 atom stereocenters. The van der Waals surface area contributed by atoms with Gasteiger partial charge in [-0.25, -0.2) is 9.67 Å². The number of ether oxygens (including phenoxy) is 2. The van der Waals surface area contributed by atoms with E-state index >= 15 is 0 Å². The number of carbonyl (C=O) groups is 1. The second-order valence-corrected chi connectivity index (χ2v) is 7.26. The predicted molar refractivity (Wildman–Crippen MR) is 106 cm³/mol. The van der Waals surface area contributed by atoms with Crippen molar-refractivity contribution in [2.45, 2.75) is 19.4 Å². The van der Waals surface area contributed by atoms with Gasteiger partial charge in [-0.1, -0.05) is 6.07 Å². The Kier molecular flexibility index (Phi) is 4.88. The standard InChI is InChI=1S/C20H21N7O3/c28-20(22-10-14-1-2-16-17(9-14)30-13-29-16)15-5-7-26(8-6-15)18-3-4-19(25-24-18)27-12-21-11-23-27/h1-4,9,11-12,15H,5-8,10,13H2,(H,22,28). The molecule has 10 nitrogen and oxygen atoms in total. The van der Waals surface area contributed by atoms with E-state index in [4.69, 9.17) is 9.47 Å². The molecule has 0 saturated carbocycles. The lowest BCUT2D eigenvalue weighted by Crippen LogP contribution is -2.40. The first kappa shape index (κ1) is 18.3. The SMILES string of the molecule is O=C(NCc1ccc2c(c1)OCO2)C1CCN(c2ccc(-n3cncn3)nn2)CC1. The van der Waals surface area contributed by atoms with E-state index in [1.165, 1.54) is 6.33 Å². The van der Waals surface area contributed by atoms with E-state index in [9.17, 15) is 4.79 Å². The van der Waals surface area contributed by atoms with Crippen molar-refractivity contribution in [1.29, 1.82) is 0 Å². The maximum Gasteiger partial charge on any atom is 0.231 e. The average Bonchev–Trinajstić information content (AvgIpc) is 3.49. The maximum atomic E-state index is 12.6. The first-order valence-corrected chi connectivity index (χ1v) is 9.86. The molecule has 0 bridgehead atoms. The molecular weight excluding hydrogens is 386 g/mol. The van der Waals surface area contributed by atoms with Gasteiger partial charge in [-0.2, -0.15) is 5.10 Å². The molecule has 1 N–H and O–H groups in total. The van der Waals surface area contributed by atoms with E-state index in [1.807, 2.05) is 30.3 Å². The summed E-state index contributed by atoms with van der Waals surface area (Å²) in [6.45, 7) is 2.25. The largest absolute Gasteiger partial charge is 0.454 e. The first-order chi connectivity index (χ1) is 14.8. The van der Waals surface area contributed by atoms with Crippen LogP contribution in [0.2, 0.25) is 0 Å². The molecule has 30 heavy (non-hydrogen) atoms. The Hall–Kier alpha value is -3.69. The topological polar surface area (TPSA) is 107 Å². The molecule has 3 aromatic rings. The second kappa shape index (κ2) is 7.97. The van der Waals surface area contributed by atoms with Crippen molar-refractivity contribution in [2.75, 3.05) is 24.8 Å². The van der Waals surface area contributed by atoms with Crippen molar-refractivity contribution in [2.24, 2.45) is 5.92 Å². The van der Waals surface area contributed by atoms with Gasteiger partial charge in [-0.05, 0) is 42.7 Å². The van der Waals surface area contributed by atoms with Gasteiger partial charge in [0.1, 0.15) is 12.7 Å². The van der Waals surface area contributed by atoms with E-state index in [0.717, 1.165) is 48.8 Å². The van der Waals surface area contributed by atoms with Crippen molar-refractivity contribution >= 4 is 11.7 Å². The highest BCUT2D eigenvalue weighted by Gasteiger charge is 2.26. The summed E-state index contributed by atoms with van der Waals surface area (Å²) in [7, 11) is 0. The third-order valence-electron chi connectivity index (χ3n) is 5.38. The fraction of sp³-hybridized carbons (Fsp3) is 0.350. The molecule has 1 saturated heterocycles. The molecule has 1 amide bonds. The highest BCUT2D eigenvalue weighted by Crippen LogP contribution is 2.32. The first-order valence-electron chi connectivity index (χ1n) is 9.86. The third-order valence-corrected chi connectivity index (χ3v) is 5.38. The number of benzene rings is 1. The zero-order valence-electron chi connectivity index (χ0n) is 16.3. The van der Waals surface area contributed by atoms with Gasteiger partial charge >= 0.3 is 0 Å². The number of fused-ring (bicyclic) bond motifs is 1. The summed E-state index contributed by atoms with van der Waals surface area (Å²) in [5.74, 6) is 2.98. The van der Waals surface area contributed by atoms with Crippen LogP contribution in [-0.4, -0.2) is 50.8 Å². The van der Waals surface area contributed by atoms with Gasteiger partial charge in [0, 0.05) is 25.6 Å². The summed E-state index contributed by atoms with van der Waals surface area (Å²) in [5, 5.41) is 15.6. The Balaban J connectivity index is 1.12. The molecule has 0 unspecified atom stereocenters. The number of nitrogens with one attached hydrogen (secondary N) is 1. The fourth-order valence-corrected chi connectivity index (χ4v) is 3.69. The number of piperidine rings is 1. The van der Waals surface area contributed by atoms with Gasteiger partial charge in [0.2, 0.25) is 12.7 Å². The lowest BCUT2D eigenvalue weighted by Gasteiger charge is -2.31. The molecule has 5 rings (SSSR count). The van der Waals surface area contributed by atoms with E-state index in [2.05, 4.69) is 30.5 Å². The van der Waals surface area contributed by atoms with Crippen LogP contribution in [0.15, 0.2) is 43.0 Å². The van der Waals surface area contributed by atoms with Crippen LogP contribution in [0.3, 0.4) is 0 Å². The van der Waals surface area contributed by atoms with Crippen LogP contribution in [0.25, 0.3) is 5.82 Å². The molecule has 1 fully saturated rings. The molecule has 0 radical (unpaired) electrons. The lowest BCUT2D eigenvalue weighted by atomic mass is 9.96. The number of anilines is 1. The van der Waals surface area contributed by atoms with Crippen LogP contribution < -0.4 is 19.7 Å². The van der Waals surface area contributed by atoms with Crippen molar-refractivity contribution in [1.82, 2.24) is 30.3 Å². The number of hydrogen-bond acceptors (Lipinski definition) is 8. The number of rotatable bonds is 5. The van der Waals surface area contributed by atoms with Crippen LogP contribution in [0, 0.1) is 5.92 Å². The molecule has 2 aromatic heterocycles. The predicted octanol–water partition coefficient (Wildman–Crippen LogP) is 1.32. The highest BCUT2D eigenvalue weighted by molar-refractivity contribution is 5.79. The summed E-state index contributed by atoms with van der Waals surface area (Å²) in [6.07, 6.45) is 4.59. The summed E-state index contributed by atoms with van der Waals surface area (Å²) in [6, 6.07) is 9.51. The number of carbonyl (C=O) groups excluding carboxylic acids is 1. The molecule has 4 heterocycles. The third kappa shape index (κ3) is 3.76. The van der Waals surface area contributed by atoms with Crippen LogP contribution in [0.5, 0.6) is 11.5 Å². The molecule has 10 heteroatoms.